The molecule has 0 aromatic heterocycles. The van der Waals surface area contributed by atoms with Crippen LogP contribution in [0.2, 0.25) is 0 Å². The SMILES string of the molecule is CC(C)(C)NNOC(=O)c1ccc(C(=O)ONNC(C)(C)C)cc1. The Morgan fingerprint density at radius 1 is 0.708 bits per heavy atom. The highest BCUT2D eigenvalue weighted by atomic mass is 16.7. The molecule has 4 N–H and O–H groups in total. The highest BCUT2D eigenvalue weighted by Crippen LogP contribution is 2.07. The van der Waals surface area contributed by atoms with Crippen LogP contribution >= 0.6 is 0 Å². The quantitative estimate of drug-likeness (QED) is 0.581. The Bertz CT molecular complexity index is 508. The van der Waals surface area contributed by atoms with E-state index in [-0.39, 0.29) is 11.1 Å². The van der Waals surface area contributed by atoms with Crippen LogP contribution in [0.25, 0.3) is 0 Å². The Morgan fingerprint density at radius 3 is 1.25 bits per heavy atom. The van der Waals surface area contributed by atoms with E-state index in [1.54, 1.807) is 0 Å². The van der Waals surface area contributed by atoms with Gasteiger partial charge in [-0.3, -0.25) is 0 Å². The average molecular weight is 338 g/mol. The van der Waals surface area contributed by atoms with Gasteiger partial charge in [-0.05, 0) is 65.8 Å². The van der Waals surface area contributed by atoms with Crippen molar-refractivity contribution in [1.29, 1.82) is 0 Å². The second kappa shape index (κ2) is 8.20. The van der Waals surface area contributed by atoms with Gasteiger partial charge in [-0.2, -0.15) is 0 Å². The van der Waals surface area contributed by atoms with E-state index < -0.39 is 11.9 Å². The fourth-order valence-electron chi connectivity index (χ4n) is 1.31. The second-order valence-electron chi connectivity index (χ2n) is 7.31. The second-order valence-corrected chi connectivity index (χ2v) is 7.31. The van der Waals surface area contributed by atoms with Gasteiger partial charge in [0, 0.05) is 11.1 Å². The standard InChI is InChI=1S/C16H26N4O4/c1-15(2,3)17-19-23-13(21)11-7-9-12(10-8-11)14(22)24-20-18-16(4,5)6/h7-10,17-20H,1-6H3. The van der Waals surface area contributed by atoms with Gasteiger partial charge in [0.25, 0.3) is 0 Å². The molecular formula is C16H26N4O4. The molecule has 0 spiro atoms. The van der Waals surface area contributed by atoms with Crippen molar-refractivity contribution >= 4 is 11.9 Å². The Morgan fingerprint density at radius 2 is 1.00 bits per heavy atom. The molecule has 1 rings (SSSR count). The molecule has 0 aliphatic heterocycles. The van der Waals surface area contributed by atoms with Crippen LogP contribution in [0, 0.1) is 0 Å². The van der Waals surface area contributed by atoms with E-state index in [0.717, 1.165) is 0 Å². The molecule has 134 valence electrons. The zero-order chi connectivity index (χ0) is 18.4. The number of hydrogen-bond donors (Lipinski definition) is 4. The molecule has 0 bridgehead atoms. The van der Waals surface area contributed by atoms with Gasteiger partial charge in [0.15, 0.2) is 0 Å². The van der Waals surface area contributed by atoms with E-state index in [2.05, 4.69) is 22.0 Å². The van der Waals surface area contributed by atoms with Crippen LogP contribution in [0.4, 0.5) is 0 Å². The van der Waals surface area contributed by atoms with Gasteiger partial charge in [0.05, 0.1) is 11.1 Å². The van der Waals surface area contributed by atoms with Crippen molar-refractivity contribution < 1.29 is 19.3 Å². The van der Waals surface area contributed by atoms with Crippen molar-refractivity contribution in [2.24, 2.45) is 0 Å². The van der Waals surface area contributed by atoms with E-state index >= 15 is 0 Å². The van der Waals surface area contributed by atoms with Gasteiger partial charge < -0.3 is 9.68 Å². The fraction of sp³-hybridized carbons (Fsp3) is 0.500. The third-order valence-electron chi connectivity index (χ3n) is 2.50. The first kappa shape index (κ1) is 20.0. The summed E-state index contributed by atoms with van der Waals surface area (Å²) in [6.07, 6.45) is 0. The maximum atomic E-state index is 11.8. The summed E-state index contributed by atoms with van der Waals surface area (Å²) in [7, 11) is 0. The topological polar surface area (TPSA) is 101 Å². The number of hydrogen-bond acceptors (Lipinski definition) is 8. The van der Waals surface area contributed by atoms with Gasteiger partial charge >= 0.3 is 11.9 Å². The van der Waals surface area contributed by atoms with Crippen LogP contribution in [0.15, 0.2) is 24.3 Å². The van der Waals surface area contributed by atoms with Gasteiger partial charge in [0.2, 0.25) is 0 Å². The summed E-state index contributed by atoms with van der Waals surface area (Å²) in [6, 6.07) is 5.92. The Hall–Kier alpha value is -2.00. The minimum absolute atomic E-state index is 0.248. The van der Waals surface area contributed by atoms with Crippen molar-refractivity contribution in [3.05, 3.63) is 35.4 Å². The zero-order valence-corrected chi connectivity index (χ0v) is 14.9. The highest BCUT2D eigenvalue weighted by molar-refractivity contribution is 5.93. The van der Waals surface area contributed by atoms with Crippen molar-refractivity contribution in [1.82, 2.24) is 22.0 Å². The molecule has 0 unspecified atom stereocenters. The monoisotopic (exact) mass is 338 g/mol. The maximum absolute atomic E-state index is 11.8. The minimum atomic E-state index is -0.570. The summed E-state index contributed by atoms with van der Waals surface area (Å²) in [6.45, 7) is 11.5. The molecule has 8 heteroatoms. The summed E-state index contributed by atoms with van der Waals surface area (Å²) >= 11 is 0. The number of rotatable bonds is 6. The molecule has 1 aromatic carbocycles. The summed E-state index contributed by atoms with van der Waals surface area (Å²) in [5.41, 5.74) is 10.5. The van der Waals surface area contributed by atoms with E-state index in [0.29, 0.717) is 11.1 Å². The first-order valence-corrected chi connectivity index (χ1v) is 7.55. The van der Waals surface area contributed by atoms with Crippen molar-refractivity contribution in [2.45, 2.75) is 52.6 Å². The van der Waals surface area contributed by atoms with Gasteiger partial charge in [-0.1, -0.05) is 11.2 Å². The Balaban J connectivity index is 2.50. The molecule has 0 atom stereocenters. The molecule has 1 aromatic rings. The molecule has 0 fully saturated rings. The summed E-state index contributed by atoms with van der Waals surface area (Å²) < 4.78 is 0. The minimum Gasteiger partial charge on any atom is -0.351 e. The zero-order valence-electron chi connectivity index (χ0n) is 14.9. The predicted octanol–water partition coefficient (Wildman–Crippen LogP) is 1.62. The lowest BCUT2D eigenvalue weighted by Crippen LogP contribution is -2.46. The predicted molar refractivity (Wildman–Crippen MR) is 89.3 cm³/mol. The highest BCUT2D eigenvalue weighted by Gasteiger charge is 2.14. The van der Waals surface area contributed by atoms with Crippen LogP contribution in [0.1, 0.15) is 62.3 Å². The van der Waals surface area contributed by atoms with Crippen LogP contribution in [0.3, 0.4) is 0 Å². The third-order valence-corrected chi connectivity index (χ3v) is 2.50. The molecule has 0 aliphatic carbocycles. The molecular weight excluding hydrogens is 312 g/mol. The van der Waals surface area contributed by atoms with E-state index in [4.69, 9.17) is 9.68 Å². The van der Waals surface area contributed by atoms with Crippen LogP contribution in [-0.2, 0) is 9.68 Å². The lowest BCUT2D eigenvalue weighted by atomic mass is 10.1. The molecule has 0 saturated heterocycles. The Labute approximate surface area is 142 Å². The van der Waals surface area contributed by atoms with Gasteiger partial charge in [-0.15, -0.1) is 0 Å². The lowest BCUT2D eigenvalue weighted by Gasteiger charge is -2.20. The number of benzene rings is 1. The largest absolute Gasteiger partial charge is 0.357 e. The first-order valence-electron chi connectivity index (χ1n) is 7.55. The van der Waals surface area contributed by atoms with Gasteiger partial charge in [-0.25, -0.2) is 20.4 Å². The maximum Gasteiger partial charge on any atom is 0.357 e. The fourth-order valence-corrected chi connectivity index (χ4v) is 1.31. The van der Waals surface area contributed by atoms with Crippen molar-refractivity contribution in [3.63, 3.8) is 0 Å². The van der Waals surface area contributed by atoms with Crippen LogP contribution in [-0.4, -0.2) is 23.0 Å². The van der Waals surface area contributed by atoms with E-state index in [1.807, 2.05) is 41.5 Å². The molecule has 0 heterocycles. The lowest BCUT2D eigenvalue weighted by molar-refractivity contribution is 0.00309. The summed E-state index contributed by atoms with van der Waals surface area (Å²) in [4.78, 5) is 33.4. The Kier molecular flexibility index (Phi) is 6.85. The van der Waals surface area contributed by atoms with Crippen molar-refractivity contribution in [2.75, 3.05) is 0 Å². The normalized spacial score (nSPS) is 11.9. The van der Waals surface area contributed by atoms with E-state index in [1.165, 1.54) is 24.3 Å². The number of carbonyl (C=O) groups is 2. The summed E-state index contributed by atoms with van der Waals surface area (Å²) in [5.74, 6) is -1.14. The first-order chi connectivity index (χ1) is 11.0. The molecule has 0 amide bonds. The molecule has 24 heavy (non-hydrogen) atoms. The number of nitrogens with one attached hydrogen (secondary N) is 4. The van der Waals surface area contributed by atoms with Crippen molar-refractivity contribution in [3.8, 4) is 0 Å². The number of carbonyl (C=O) groups excluding carboxylic acids is 2. The molecule has 0 saturated carbocycles. The number of hydrazine groups is 2. The third kappa shape index (κ3) is 8.02. The summed E-state index contributed by atoms with van der Waals surface area (Å²) in [5, 5.41) is 0. The van der Waals surface area contributed by atoms with Crippen LogP contribution in [0.5, 0.6) is 0 Å². The smallest absolute Gasteiger partial charge is 0.351 e. The van der Waals surface area contributed by atoms with Gasteiger partial charge in [0.1, 0.15) is 0 Å². The van der Waals surface area contributed by atoms with E-state index in [9.17, 15) is 9.59 Å². The molecule has 0 radical (unpaired) electrons. The molecule has 8 nitrogen and oxygen atoms in total. The van der Waals surface area contributed by atoms with Crippen LogP contribution < -0.4 is 22.0 Å². The molecule has 0 aliphatic rings. The average Bonchev–Trinajstić information content (AvgIpc) is 2.44.